The lowest BCUT2D eigenvalue weighted by molar-refractivity contribution is -0.137. The third-order valence-corrected chi connectivity index (χ3v) is 7.78. The summed E-state index contributed by atoms with van der Waals surface area (Å²) >= 11 is 0. The molecular weight excluding hydrogens is 318 g/mol. The number of rotatable bonds is 3. The van der Waals surface area contributed by atoms with Gasteiger partial charge in [0.2, 0.25) is 0 Å². The SMILES string of the molecule is CC1CCC(C2CCC(C(=O)C3C(C)CC(C)C(F)C3F)CC2)CC1. The van der Waals surface area contributed by atoms with Gasteiger partial charge in [-0.25, -0.2) is 8.78 Å². The van der Waals surface area contributed by atoms with Crippen molar-refractivity contribution >= 4 is 5.78 Å². The zero-order chi connectivity index (χ0) is 18.1. The van der Waals surface area contributed by atoms with Crippen LogP contribution in [-0.2, 0) is 4.79 Å². The molecule has 3 heteroatoms. The Labute approximate surface area is 152 Å². The van der Waals surface area contributed by atoms with Crippen LogP contribution in [0, 0.1) is 41.4 Å². The molecule has 5 atom stereocenters. The van der Waals surface area contributed by atoms with Crippen molar-refractivity contribution in [1.82, 2.24) is 0 Å². The maximum Gasteiger partial charge on any atom is 0.142 e. The van der Waals surface area contributed by atoms with Crippen LogP contribution in [0.3, 0.4) is 0 Å². The van der Waals surface area contributed by atoms with Crippen molar-refractivity contribution in [3.05, 3.63) is 0 Å². The predicted octanol–water partition coefficient (Wildman–Crippen LogP) is 6.16. The number of carbonyl (C=O) groups is 1. The first kappa shape index (κ1) is 19.3. The number of ketones is 1. The Bertz CT molecular complexity index is 449. The van der Waals surface area contributed by atoms with Gasteiger partial charge in [0, 0.05) is 5.92 Å². The van der Waals surface area contributed by atoms with Crippen LogP contribution in [0.2, 0.25) is 0 Å². The summed E-state index contributed by atoms with van der Waals surface area (Å²) in [4.78, 5) is 12.9. The van der Waals surface area contributed by atoms with E-state index >= 15 is 0 Å². The second-order valence-corrected chi connectivity index (χ2v) is 9.64. The molecule has 3 fully saturated rings. The number of Topliss-reactive ketones (excluding diaryl/α,β-unsaturated/α-hetero) is 1. The number of alkyl halides is 2. The maximum absolute atomic E-state index is 14.6. The van der Waals surface area contributed by atoms with Crippen molar-refractivity contribution in [2.24, 2.45) is 41.4 Å². The quantitative estimate of drug-likeness (QED) is 0.593. The average Bonchev–Trinajstić information content (AvgIpc) is 2.60. The standard InChI is InChI=1S/C22H36F2O/c1-13-4-6-16(7-5-13)17-8-10-18(11-9-17)22(25)19-14(2)12-15(3)20(23)21(19)24/h13-21H,4-12H2,1-3H3. The Balaban J connectivity index is 1.54. The number of hydrogen-bond donors (Lipinski definition) is 0. The molecule has 0 aromatic rings. The van der Waals surface area contributed by atoms with Gasteiger partial charge in [-0.2, -0.15) is 0 Å². The van der Waals surface area contributed by atoms with Gasteiger partial charge in [-0.05, 0) is 74.5 Å². The zero-order valence-electron chi connectivity index (χ0n) is 16.2. The predicted molar refractivity (Wildman–Crippen MR) is 97.8 cm³/mol. The minimum atomic E-state index is -1.59. The first-order valence-corrected chi connectivity index (χ1v) is 10.7. The van der Waals surface area contributed by atoms with Crippen molar-refractivity contribution in [3.63, 3.8) is 0 Å². The third-order valence-electron chi connectivity index (χ3n) is 7.78. The van der Waals surface area contributed by atoms with Crippen LogP contribution < -0.4 is 0 Å². The largest absolute Gasteiger partial charge is 0.299 e. The van der Waals surface area contributed by atoms with Crippen LogP contribution in [0.15, 0.2) is 0 Å². The molecule has 0 aliphatic heterocycles. The van der Waals surface area contributed by atoms with E-state index in [1.54, 1.807) is 6.92 Å². The Morgan fingerprint density at radius 2 is 1.24 bits per heavy atom. The summed E-state index contributed by atoms with van der Waals surface area (Å²) in [6.45, 7) is 6.06. The number of carbonyl (C=O) groups excluding carboxylic acids is 1. The lowest BCUT2D eigenvalue weighted by atomic mass is 9.65. The molecule has 0 spiro atoms. The van der Waals surface area contributed by atoms with E-state index < -0.39 is 18.3 Å². The molecule has 0 amide bonds. The van der Waals surface area contributed by atoms with Gasteiger partial charge in [0.25, 0.3) is 0 Å². The van der Waals surface area contributed by atoms with Crippen molar-refractivity contribution in [2.75, 3.05) is 0 Å². The Hall–Kier alpha value is -0.470. The Morgan fingerprint density at radius 3 is 1.80 bits per heavy atom. The van der Waals surface area contributed by atoms with Crippen LogP contribution in [-0.4, -0.2) is 18.1 Å². The fourth-order valence-electron chi connectivity index (χ4n) is 6.03. The highest BCUT2D eigenvalue weighted by Crippen LogP contribution is 2.44. The van der Waals surface area contributed by atoms with E-state index in [9.17, 15) is 13.6 Å². The molecule has 3 aliphatic rings. The van der Waals surface area contributed by atoms with Crippen molar-refractivity contribution in [1.29, 1.82) is 0 Å². The summed E-state index contributed by atoms with van der Waals surface area (Å²) in [7, 11) is 0. The third kappa shape index (κ3) is 4.11. The van der Waals surface area contributed by atoms with E-state index in [-0.39, 0.29) is 23.5 Å². The van der Waals surface area contributed by atoms with Crippen LogP contribution in [0.5, 0.6) is 0 Å². The topological polar surface area (TPSA) is 17.1 Å². The van der Waals surface area contributed by atoms with Gasteiger partial charge in [-0.1, -0.05) is 33.6 Å². The first-order valence-electron chi connectivity index (χ1n) is 10.7. The van der Waals surface area contributed by atoms with Crippen LogP contribution in [0.4, 0.5) is 8.78 Å². The summed E-state index contributed by atoms with van der Waals surface area (Å²) in [5.74, 6) is 1.49. The Morgan fingerprint density at radius 1 is 0.720 bits per heavy atom. The first-order chi connectivity index (χ1) is 11.9. The minimum absolute atomic E-state index is 0.0231. The highest BCUT2D eigenvalue weighted by molar-refractivity contribution is 5.84. The molecule has 1 nitrogen and oxygen atoms in total. The molecular formula is C22H36F2O. The zero-order valence-corrected chi connectivity index (χ0v) is 16.2. The lowest BCUT2D eigenvalue weighted by Gasteiger charge is -2.41. The second-order valence-electron chi connectivity index (χ2n) is 9.64. The monoisotopic (exact) mass is 354 g/mol. The van der Waals surface area contributed by atoms with E-state index in [4.69, 9.17) is 0 Å². The molecule has 144 valence electrons. The fourth-order valence-corrected chi connectivity index (χ4v) is 6.03. The van der Waals surface area contributed by atoms with E-state index in [1.807, 2.05) is 6.92 Å². The molecule has 0 radical (unpaired) electrons. The van der Waals surface area contributed by atoms with Gasteiger partial charge < -0.3 is 0 Å². The Kier molecular flexibility index (Phi) is 6.21. The number of halogens is 2. The van der Waals surface area contributed by atoms with Gasteiger partial charge >= 0.3 is 0 Å². The highest BCUT2D eigenvalue weighted by Gasteiger charge is 2.47. The normalized spacial score (nSPS) is 48.9. The van der Waals surface area contributed by atoms with E-state index in [0.29, 0.717) is 6.42 Å². The lowest BCUT2D eigenvalue weighted by Crippen LogP contribution is -2.47. The smallest absolute Gasteiger partial charge is 0.142 e. The fraction of sp³-hybridized carbons (Fsp3) is 0.955. The highest BCUT2D eigenvalue weighted by atomic mass is 19.2. The van der Waals surface area contributed by atoms with Gasteiger partial charge in [-0.15, -0.1) is 0 Å². The van der Waals surface area contributed by atoms with Gasteiger partial charge in [0.1, 0.15) is 18.1 Å². The molecule has 3 aliphatic carbocycles. The maximum atomic E-state index is 14.6. The molecule has 3 saturated carbocycles. The molecule has 0 heterocycles. The summed E-state index contributed by atoms with van der Waals surface area (Å²) < 4.78 is 28.7. The van der Waals surface area contributed by atoms with Crippen LogP contribution >= 0.6 is 0 Å². The molecule has 5 unspecified atom stereocenters. The molecule has 0 bridgehead atoms. The van der Waals surface area contributed by atoms with E-state index in [0.717, 1.165) is 43.4 Å². The van der Waals surface area contributed by atoms with E-state index in [1.165, 1.54) is 25.7 Å². The average molecular weight is 355 g/mol. The van der Waals surface area contributed by atoms with Crippen molar-refractivity contribution in [3.8, 4) is 0 Å². The molecule has 0 saturated heterocycles. The van der Waals surface area contributed by atoms with E-state index in [2.05, 4.69) is 6.92 Å². The molecule has 0 N–H and O–H groups in total. The molecule has 25 heavy (non-hydrogen) atoms. The second kappa shape index (κ2) is 8.05. The molecule has 0 aromatic heterocycles. The molecule has 0 aromatic carbocycles. The summed E-state index contributed by atoms with van der Waals surface area (Å²) in [6, 6.07) is 0. The van der Waals surface area contributed by atoms with Gasteiger partial charge in [-0.3, -0.25) is 4.79 Å². The van der Waals surface area contributed by atoms with Gasteiger partial charge in [0.05, 0.1) is 5.92 Å². The molecule has 3 rings (SSSR count). The van der Waals surface area contributed by atoms with Crippen LogP contribution in [0.25, 0.3) is 0 Å². The van der Waals surface area contributed by atoms with Gasteiger partial charge in [0.15, 0.2) is 0 Å². The van der Waals surface area contributed by atoms with Crippen molar-refractivity contribution in [2.45, 2.75) is 90.9 Å². The summed E-state index contributed by atoms with van der Waals surface area (Å²) in [6.07, 6.45) is 6.99. The summed E-state index contributed by atoms with van der Waals surface area (Å²) in [5.41, 5.74) is 0. The summed E-state index contributed by atoms with van der Waals surface area (Å²) in [5, 5.41) is 0. The van der Waals surface area contributed by atoms with Crippen LogP contribution in [0.1, 0.15) is 78.6 Å². The minimum Gasteiger partial charge on any atom is -0.299 e. The number of hydrogen-bond acceptors (Lipinski definition) is 1. The van der Waals surface area contributed by atoms with Crippen molar-refractivity contribution < 1.29 is 13.6 Å².